The number of aliphatic carboxylic acids is 1. The number of nitrogens with zero attached hydrogens (tertiary/aromatic N) is 2. The Kier molecular flexibility index (Phi) is 9.67. The highest BCUT2D eigenvalue weighted by Crippen LogP contribution is 2.38. The fourth-order valence-corrected chi connectivity index (χ4v) is 7.64. The van der Waals surface area contributed by atoms with Gasteiger partial charge in [-0.3, -0.25) is 9.69 Å². The van der Waals surface area contributed by atoms with Crippen LogP contribution in [-0.2, 0) is 11.2 Å². The Hall–Kier alpha value is -2.31. The molecule has 3 aliphatic rings. The SMILES string of the molecule is O=C(O)C(C1CCCCC1)N1CC(CN2CCC(CCCc3cc(F)cc(F)c3)CC2)C(c2ccccc2)C1. The monoisotopic (exact) mass is 538 g/mol. The number of benzene rings is 2. The number of rotatable bonds is 10. The van der Waals surface area contributed by atoms with Crippen molar-refractivity contribution in [2.45, 2.75) is 76.2 Å². The van der Waals surface area contributed by atoms with Crippen molar-refractivity contribution in [1.29, 1.82) is 0 Å². The first-order valence-electron chi connectivity index (χ1n) is 15.2. The molecule has 2 aliphatic heterocycles. The van der Waals surface area contributed by atoms with Gasteiger partial charge in [0.15, 0.2) is 0 Å². The molecule has 212 valence electrons. The van der Waals surface area contributed by atoms with E-state index in [0.717, 1.165) is 102 Å². The number of likely N-dealkylation sites (tertiary alicyclic amines) is 2. The van der Waals surface area contributed by atoms with Gasteiger partial charge in [0.05, 0.1) is 0 Å². The number of carboxylic acid groups (broad SMARTS) is 1. The van der Waals surface area contributed by atoms with Crippen LogP contribution in [0.15, 0.2) is 48.5 Å². The molecular weight excluding hydrogens is 494 g/mol. The molecule has 3 atom stereocenters. The molecule has 0 amide bonds. The summed E-state index contributed by atoms with van der Waals surface area (Å²) in [6.07, 6.45) is 10.7. The van der Waals surface area contributed by atoms with Crippen LogP contribution in [-0.4, -0.2) is 59.6 Å². The maximum Gasteiger partial charge on any atom is 0.321 e. The Morgan fingerprint density at radius 3 is 2.28 bits per heavy atom. The zero-order valence-electron chi connectivity index (χ0n) is 23.1. The first-order chi connectivity index (χ1) is 19.0. The Bertz CT molecular complexity index is 1050. The lowest BCUT2D eigenvalue weighted by Crippen LogP contribution is -2.46. The molecule has 4 nitrogen and oxygen atoms in total. The standard InChI is InChI=1S/C33H44F2N2O2/c34-29-18-25(19-30(35)20-29)9-7-8-24-14-16-36(17-15-24)21-28-22-37(23-31(28)26-10-3-1-4-11-26)32(33(38)39)27-12-5-2-6-13-27/h1,3-4,10-11,18-20,24,27-28,31-32H,2,5-9,12-17,21-23H2,(H,38,39). The average Bonchev–Trinajstić information content (AvgIpc) is 3.33. The molecule has 2 aromatic rings. The zero-order valence-corrected chi connectivity index (χ0v) is 23.1. The van der Waals surface area contributed by atoms with Crippen molar-refractivity contribution in [3.05, 3.63) is 71.3 Å². The van der Waals surface area contributed by atoms with Gasteiger partial charge in [-0.05, 0) is 92.6 Å². The molecule has 3 unspecified atom stereocenters. The van der Waals surface area contributed by atoms with E-state index >= 15 is 0 Å². The summed E-state index contributed by atoms with van der Waals surface area (Å²) in [5, 5.41) is 10.3. The van der Waals surface area contributed by atoms with E-state index in [9.17, 15) is 18.7 Å². The molecule has 1 saturated carbocycles. The van der Waals surface area contributed by atoms with Crippen molar-refractivity contribution in [1.82, 2.24) is 9.80 Å². The van der Waals surface area contributed by atoms with E-state index in [1.54, 1.807) is 0 Å². The van der Waals surface area contributed by atoms with E-state index in [1.165, 1.54) is 24.1 Å². The van der Waals surface area contributed by atoms with E-state index in [0.29, 0.717) is 17.8 Å². The molecule has 0 bridgehead atoms. The van der Waals surface area contributed by atoms with Gasteiger partial charge in [-0.2, -0.15) is 0 Å². The molecular formula is C33H44F2N2O2. The zero-order chi connectivity index (χ0) is 27.2. The van der Waals surface area contributed by atoms with Crippen molar-refractivity contribution in [3.8, 4) is 0 Å². The van der Waals surface area contributed by atoms with Crippen LogP contribution in [0.4, 0.5) is 8.78 Å². The van der Waals surface area contributed by atoms with Crippen LogP contribution in [0, 0.1) is 29.4 Å². The number of carbonyl (C=O) groups is 1. The fourth-order valence-electron chi connectivity index (χ4n) is 7.64. The normalized spacial score (nSPS) is 24.7. The maximum absolute atomic E-state index is 13.5. The summed E-state index contributed by atoms with van der Waals surface area (Å²) in [6.45, 7) is 4.85. The molecule has 5 rings (SSSR count). The third kappa shape index (κ3) is 7.46. The molecule has 2 heterocycles. The Labute approximate surface area is 232 Å². The molecule has 2 aromatic carbocycles. The van der Waals surface area contributed by atoms with Crippen LogP contribution in [0.5, 0.6) is 0 Å². The van der Waals surface area contributed by atoms with Gasteiger partial charge in [0.2, 0.25) is 0 Å². The molecule has 0 radical (unpaired) electrons. The van der Waals surface area contributed by atoms with Crippen molar-refractivity contribution in [2.75, 3.05) is 32.7 Å². The van der Waals surface area contributed by atoms with Gasteiger partial charge in [0, 0.05) is 31.6 Å². The summed E-state index contributed by atoms with van der Waals surface area (Å²) in [6, 6.07) is 14.2. The summed E-state index contributed by atoms with van der Waals surface area (Å²) < 4.78 is 27.0. The molecule has 39 heavy (non-hydrogen) atoms. The Balaban J connectivity index is 1.16. The second kappa shape index (κ2) is 13.4. The summed E-state index contributed by atoms with van der Waals surface area (Å²) in [7, 11) is 0. The third-order valence-corrected chi connectivity index (χ3v) is 9.64. The number of hydrogen-bond donors (Lipinski definition) is 1. The minimum absolute atomic E-state index is 0.269. The fraction of sp³-hybridized carbons (Fsp3) is 0.606. The van der Waals surface area contributed by atoms with Crippen LogP contribution in [0.1, 0.15) is 74.8 Å². The molecule has 1 aliphatic carbocycles. The predicted octanol–water partition coefficient (Wildman–Crippen LogP) is 6.75. The second-order valence-corrected chi connectivity index (χ2v) is 12.3. The minimum atomic E-state index is -0.642. The highest BCUT2D eigenvalue weighted by atomic mass is 19.1. The van der Waals surface area contributed by atoms with Gasteiger partial charge in [-0.1, -0.05) is 56.0 Å². The van der Waals surface area contributed by atoms with Gasteiger partial charge in [0.1, 0.15) is 17.7 Å². The molecule has 0 aromatic heterocycles. The number of aryl methyl sites for hydroxylation is 1. The van der Waals surface area contributed by atoms with Crippen LogP contribution >= 0.6 is 0 Å². The van der Waals surface area contributed by atoms with Gasteiger partial charge >= 0.3 is 5.97 Å². The second-order valence-electron chi connectivity index (χ2n) is 12.3. The predicted molar refractivity (Wildman–Crippen MR) is 151 cm³/mol. The average molecular weight is 539 g/mol. The maximum atomic E-state index is 13.5. The molecule has 6 heteroatoms. The van der Waals surface area contributed by atoms with Gasteiger partial charge < -0.3 is 10.0 Å². The van der Waals surface area contributed by atoms with Gasteiger partial charge in [0.25, 0.3) is 0 Å². The third-order valence-electron chi connectivity index (χ3n) is 9.64. The van der Waals surface area contributed by atoms with Crippen LogP contribution < -0.4 is 0 Å². The Morgan fingerprint density at radius 2 is 1.62 bits per heavy atom. The van der Waals surface area contributed by atoms with E-state index in [4.69, 9.17) is 0 Å². The lowest BCUT2D eigenvalue weighted by Gasteiger charge is -2.35. The van der Waals surface area contributed by atoms with E-state index in [1.807, 2.05) is 0 Å². The van der Waals surface area contributed by atoms with E-state index in [2.05, 4.69) is 40.1 Å². The summed E-state index contributed by atoms with van der Waals surface area (Å²) in [5.74, 6) is 0.0878. The van der Waals surface area contributed by atoms with Crippen LogP contribution in [0.3, 0.4) is 0 Å². The first-order valence-corrected chi connectivity index (χ1v) is 15.2. The van der Waals surface area contributed by atoms with Crippen LogP contribution in [0.2, 0.25) is 0 Å². The topological polar surface area (TPSA) is 43.8 Å². The molecule has 1 N–H and O–H groups in total. The lowest BCUT2D eigenvalue weighted by molar-refractivity contribution is -0.145. The van der Waals surface area contributed by atoms with Crippen molar-refractivity contribution in [2.24, 2.45) is 17.8 Å². The van der Waals surface area contributed by atoms with Gasteiger partial charge in [-0.25, -0.2) is 8.78 Å². The van der Waals surface area contributed by atoms with Crippen LogP contribution in [0.25, 0.3) is 0 Å². The smallest absolute Gasteiger partial charge is 0.321 e. The van der Waals surface area contributed by atoms with Crippen molar-refractivity contribution in [3.63, 3.8) is 0 Å². The number of piperidine rings is 1. The molecule has 2 saturated heterocycles. The first kappa shape index (κ1) is 28.2. The highest BCUT2D eigenvalue weighted by molar-refractivity contribution is 5.74. The highest BCUT2D eigenvalue weighted by Gasteiger charge is 2.43. The number of hydrogen-bond acceptors (Lipinski definition) is 3. The quantitative estimate of drug-likeness (QED) is 0.364. The van der Waals surface area contributed by atoms with Crippen molar-refractivity contribution >= 4 is 5.97 Å². The van der Waals surface area contributed by atoms with Gasteiger partial charge in [-0.15, -0.1) is 0 Å². The van der Waals surface area contributed by atoms with Crippen molar-refractivity contribution < 1.29 is 18.7 Å². The molecule has 0 spiro atoms. The summed E-state index contributed by atoms with van der Waals surface area (Å²) >= 11 is 0. The number of halogens is 2. The summed E-state index contributed by atoms with van der Waals surface area (Å²) in [5.41, 5.74) is 2.08. The number of carboxylic acids is 1. The Morgan fingerprint density at radius 1 is 0.923 bits per heavy atom. The van der Waals surface area contributed by atoms with E-state index in [-0.39, 0.29) is 12.0 Å². The lowest BCUT2D eigenvalue weighted by atomic mass is 9.83. The minimum Gasteiger partial charge on any atom is -0.480 e. The molecule has 3 fully saturated rings. The largest absolute Gasteiger partial charge is 0.480 e. The van der Waals surface area contributed by atoms with E-state index < -0.39 is 17.6 Å². The summed E-state index contributed by atoms with van der Waals surface area (Å²) in [4.78, 5) is 17.4.